The zero-order valence-corrected chi connectivity index (χ0v) is 33.2. The summed E-state index contributed by atoms with van der Waals surface area (Å²) in [6, 6.07) is 0. The predicted molar refractivity (Wildman–Crippen MR) is 219 cm³/mol. The van der Waals surface area contributed by atoms with Crippen molar-refractivity contribution in [3.8, 4) is 0 Å². The van der Waals surface area contributed by atoms with Crippen LogP contribution >= 0.6 is 0 Å². The first-order valence-electron chi connectivity index (χ1n) is 20.3. The topological polar surface area (TPSA) is 135 Å². The summed E-state index contributed by atoms with van der Waals surface area (Å²) in [5.74, 6) is -0.361. The van der Waals surface area contributed by atoms with Gasteiger partial charge >= 0.3 is 5.97 Å². The van der Waals surface area contributed by atoms with Gasteiger partial charge in [0.2, 0.25) is 0 Å². The van der Waals surface area contributed by atoms with Crippen LogP contribution in [0.2, 0.25) is 0 Å². The minimum atomic E-state index is -1.56. The Morgan fingerprint density at radius 3 is 1.61 bits per heavy atom. The number of allylic oxidation sites excluding steroid dienone is 15. The lowest BCUT2D eigenvalue weighted by Crippen LogP contribution is -2.59. The van der Waals surface area contributed by atoms with Crippen molar-refractivity contribution >= 4 is 5.97 Å². The lowest BCUT2D eigenvalue weighted by molar-refractivity contribution is -0.305. The fourth-order valence-corrected chi connectivity index (χ4v) is 5.39. The van der Waals surface area contributed by atoms with Crippen LogP contribution in [-0.2, 0) is 23.7 Å². The van der Waals surface area contributed by atoms with Gasteiger partial charge in [-0.2, -0.15) is 0 Å². The van der Waals surface area contributed by atoms with Crippen molar-refractivity contribution in [2.75, 3.05) is 26.4 Å². The number of rotatable bonds is 32. The molecule has 1 rings (SSSR count). The summed E-state index contributed by atoms with van der Waals surface area (Å²) in [5.41, 5.74) is 0. The van der Waals surface area contributed by atoms with E-state index < -0.39 is 43.4 Å². The number of aliphatic hydroxyl groups is 4. The first-order valence-corrected chi connectivity index (χ1v) is 20.3. The largest absolute Gasteiger partial charge is 0.457 e. The summed E-state index contributed by atoms with van der Waals surface area (Å²) in [6.45, 7) is 4.05. The fourth-order valence-electron chi connectivity index (χ4n) is 5.39. The van der Waals surface area contributed by atoms with Gasteiger partial charge in [0.15, 0.2) is 6.29 Å². The number of hydrogen-bond donors (Lipinski definition) is 4. The molecule has 1 saturated heterocycles. The molecule has 306 valence electrons. The van der Waals surface area contributed by atoms with E-state index in [0.717, 1.165) is 89.9 Å². The van der Waals surface area contributed by atoms with E-state index in [-0.39, 0.29) is 25.6 Å². The Morgan fingerprint density at radius 1 is 0.593 bits per heavy atom. The van der Waals surface area contributed by atoms with Crippen molar-refractivity contribution in [1.82, 2.24) is 0 Å². The standard InChI is InChI=1S/C45H72O9/c1-3-5-7-9-11-13-15-17-19-21-23-25-27-29-31-33-35-51-37-39(38-52-45-44(50)43(49)42(48)40(36-46)54-45)53-41(47)34-32-30-28-26-24-22-20-18-16-14-12-10-8-6-4-2/h5-8,11-14,17-20,23,25,29,31,39-40,42-46,48-50H,3-4,9-10,15-16,21-22,24,26-28,30,32-38H2,1-2H3/b7-5-,8-6-,13-11-,14-12-,19-17-,20-18-,25-23-,31-29-. The van der Waals surface area contributed by atoms with Gasteiger partial charge in [-0.05, 0) is 77.0 Å². The number of hydrogen-bond acceptors (Lipinski definition) is 9. The molecule has 4 N–H and O–H groups in total. The second-order valence-electron chi connectivity index (χ2n) is 13.3. The Kier molecular flexibility index (Phi) is 32.6. The van der Waals surface area contributed by atoms with E-state index in [1.54, 1.807) is 0 Å². The maximum absolute atomic E-state index is 12.7. The average Bonchev–Trinajstić information content (AvgIpc) is 3.17. The van der Waals surface area contributed by atoms with E-state index in [1.807, 2.05) is 6.08 Å². The molecule has 9 heteroatoms. The summed E-state index contributed by atoms with van der Waals surface area (Å²) in [7, 11) is 0. The minimum Gasteiger partial charge on any atom is -0.457 e. The Hall–Kier alpha value is -2.89. The van der Waals surface area contributed by atoms with Crippen LogP contribution in [-0.4, -0.2) is 89.6 Å². The molecule has 1 heterocycles. The molecular formula is C45H72O9. The van der Waals surface area contributed by atoms with E-state index in [0.29, 0.717) is 13.0 Å². The molecular weight excluding hydrogens is 684 g/mol. The number of unbranched alkanes of at least 4 members (excludes halogenated alkanes) is 5. The molecule has 0 radical (unpaired) electrons. The number of carbonyl (C=O) groups excluding carboxylic acids is 1. The van der Waals surface area contributed by atoms with Gasteiger partial charge in [0, 0.05) is 6.42 Å². The van der Waals surface area contributed by atoms with Crippen LogP contribution in [0, 0.1) is 0 Å². The van der Waals surface area contributed by atoms with Gasteiger partial charge in [0.25, 0.3) is 0 Å². The van der Waals surface area contributed by atoms with Crippen LogP contribution in [0.1, 0.15) is 117 Å². The van der Waals surface area contributed by atoms with Crippen LogP contribution in [0.15, 0.2) is 97.2 Å². The molecule has 0 saturated carbocycles. The number of esters is 1. The maximum atomic E-state index is 12.7. The molecule has 6 unspecified atom stereocenters. The molecule has 0 aromatic heterocycles. The van der Waals surface area contributed by atoms with Crippen molar-refractivity contribution in [1.29, 1.82) is 0 Å². The lowest BCUT2D eigenvalue weighted by atomic mass is 9.99. The Labute approximate surface area is 326 Å². The minimum absolute atomic E-state index is 0.0765. The van der Waals surface area contributed by atoms with Gasteiger partial charge in [-0.1, -0.05) is 130 Å². The second-order valence-corrected chi connectivity index (χ2v) is 13.3. The van der Waals surface area contributed by atoms with Crippen LogP contribution in [0.25, 0.3) is 0 Å². The normalized spacial score (nSPS) is 21.9. The van der Waals surface area contributed by atoms with Crippen molar-refractivity contribution in [3.63, 3.8) is 0 Å². The number of carbonyl (C=O) groups is 1. The van der Waals surface area contributed by atoms with Crippen molar-refractivity contribution in [2.24, 2.45) is 0 Å². The molecule has 9 nitrogen and oxygen atoms in total. The SMILES string of the molecule is CC/C=C\C/C=C\C/C=C\C/C=C\C/C=C\CCOCC(COC1OC(CO)C(O)C(O)C1O)OC(=O)CCCCCCC/C=C\C/C=C\C/C=C\CC. The van der Waals surface area contributed by atoms with Crippen LogP contribution in [0.4, 0.5) is 0 Å². The molecule has 0 aliphatic carbocycles. The quantitative estimate of drug-likeness (QED) is 0.0303. The maximum Gasteiger partial charge on any atom is 0.306 e. The van der Waals surface area contributed by atoms with Gasteiger partial charge in [0.05, 0.1) is 26.4 Å². The summed E-state index contributed by atoms with van der Waals surface area (Å²) < 4.78 is 22.6. The second kappa shape index (κ2) is 35.8. The van der Waals surface area contributed by atoms with Gasteiger partial charge in [0.1, 0.15) is 30.5 Å². The highest BCUT2D eigenvalue weighted by Crippen LogP contribution is 2.22. The molecule has 0 aromatic rings. The zero-order valence-electron chi connectivity index (χ0n) is 33.2. The highest BCUT2D eigenvalue weighted by molar-refractivity contribution is 5.69. The average molecular weight is 757 g/mol. The monoisotopic (exact) mass is 757 g/mol. The van der Waals surface area contributed by atoms with Crippen LogP contribution < -0.4 is 0 Å². The highest BCUT2D eigenvalue weighted by Gasteiger charge is 2.44. The highest BCUT2D eigenvalue weighted by atomic mass is 16.7. The summed E-state index contributed by atoms with van der Waals surface area (Å²) in [6.07, 6.45) is 41.6. The molecule has 0 bridgehead atoms. The van der Waals surface area contributed by atoms with Gasteiger partial charge in [-0.25, -0.2) is 0 Å². The Balaban J connectivity index is 2.39. The van der Waals surface area contributed by atoms with Crippen molar-refractivity contribution in [2.45, 2.75) is 153 Å². The Bertz CT molecular complexity index is 1130. The number of aliphatic hydroxyl groups excluding tert-OH is 4. The van der Waals surface area contributed by atoms with E-state index in [2.05, 4.69) is 105 Å². The smallest absolute Gasteiger partial charge is 0.306 e. The molecule has 0 amide bonds. The molecule has 0 spiro atoms. The van der Waals surface area contributed by atoms with E-state index >= 15 is 0 Å². The predicted octanol–water partition coefficient (Wildman–Crippen LogP) is 8.46. The molecule has 1 aliphatic heterocycles. The van der Waals surface area contributed by atoms with Gasteiger partial charge in [-0.15, -0.1) is 0 Å². The first kappa shape index (κ1) is 49.1. The fraction of sp³-hybridized carbons (Fsp3) is 0.622. The molecule has 6 atom stereocenters. The molecule has 0 aromatic carbocycles. The lowest BCUT2D eigenvalue weighted by Gasteiger charge is -2.39. The van der Waals surface area contributed by atoms with E-state index in [1.165, 1.54) is 0 Å². The molecule has 1 fully saturated rings. The van der Waals surface area contributed by atoms with Crippen molar-refractivity contribution in [3.05, 3.63) is 97.2 Å². The van der Waals surface area contributed by atoms with Crippen LogP contribution in [0.5, 0.6) is 0 Å². The Morgan fingerprint density at radius 2 is 1.07 bits per heavy atom. The van der Waals surface area contributed by atoms with Crippen LogP contribution in [0.3, 0.4) is 0 Å². The molecule has 54 heavy (non-hydrogen) atoms. The van der Waals surface area contributed by atoms with E-state index in [4.69, 9.17) is 18.9 Å². The first-order chi connectivity index (χ1) is 26.4. The van der Waals surface area contributed by atoms with Gasteiger partial charge in [-0.3, -0.25) is 4.79 Å². The zero-order chi connectivity index (χ0) is 39.3. The summed E-state index contributed by atoms with van der Waals surface area (Å²) in [4.78, 5) is 12.7. The third-order valence-electron chi connectivity index (χ3n) is 8.51. The number of ether oxygens (including phenoxy) is 4. The third kappa shape index (κ3) is 26.8. The van der Waals surface area contributed by atoms with Crippen molar-refractivity contribution < 1.29 is 44.2 Å². The summed E-state index contributed by atoms with van der Waals surface area (Å²) >= 11 is 0. The van der Waals surface area contributed by atoms with E-state index in [9.17, 15) is 25.2 Å². The third-order valence-corrected chi connectivity index (χ3v) is 8.51. The van der Waals surface area contributed by atoms with Gasteiger partial charge < -0.3 is 39.4 Å². The summed E-state index contributed by atoms with van der Waals surface area (Å²) in [5, 5.41) is 40.0. The molecule has 1 aliphatic rings.